The van der Waals surface area contributed by atoms with Gasteiger partial charge >= 0.3 is 0 Å². The first-order valence-corrected chi connectivity index (χ1v) is 10.7. The van der Waals surface area contributed by atoms with Crippen LogP contribution in [-0.2, 0) is 11.2 Å². The molecule has 1 saturated heterocycles. The fourth-order valence-electron chi connectivity index (χ4n) is 4.17. The molecule has 1 aromatic carbocycles. The number of likely N-dealkylation sites (tertiary alicyclic amines) is 1. The van der Waals surface area contributed by atoms with Crippen LogP contribution < -0.4 is 4.90 Å². The summed E-state index contributed by atoms with van der Waals surface area (Å²) in [4.78, 5) is 30.9. The van der Waals surface area contributed by atoms with Gasteiger partial charge in [0.15, 0.2) is 0 Å². The number of anilines is 1. The first-order chi connectivity index (χ1) is 14.9. The van der Waals surface area contributed by atoms with Crippen molar-refractivity contribution in [2.45, 2.75) is 39.2 Å². The predicted octanol–water partition coefficient (Wildman–Crippen LogP) is 4.13. The minimum Gasteiger partial charge on any atom is -0.347 e. The van der Waals surface area contributed by atoms with Gasteiger partial charge in [0.1, 0.15) is 0 Å². The monoisotopic (exact) mass is 415 g/mol. The van der Waals surface area contributed by atoms with Gasteiger partial charge in [-0.1, -0.05) is 29.8 Å². The van der Waals surface area contributed by atoms with Crippen LogP contribution in [0.25, 0.3) is 11.1 Å². The maximum Gasteiger partial charge on any atom is 0.227 e. The van der Waals surface area contributed by atoms with Crippen molar-refractivity contribution in [3.05, 3.63) is 71.3 Å². The standard InChI is InChI=1S/C25H29N5O/c1-17-7-9-19(10-8-17)14-23(31)30-13-5-6-22(30)24-21(16-27-25(28-24)29(3)4)20-11-12-26-15-18(20)2/h7-12,15-16,22H,5-6,13-14H2,1-4H3/t22-/m1/s1. The minimum atomic E-state index is -0.0535. The quantitative estimate of drug-likeness (QED) is 0.627. The molecule has 3 aromatic rings. The Bertz CT molecular complexity index is 1080. The van der Waals surface area contributed by atoms with Crippen LogP contribution in [0.2, 0.25) is 0 Å². The highest BCUT2D eigenvalue weighted by Crippen LogP contribution is 2.38. The Morgan fingerprint density at radius 3 is 2.58 bits per heavy atom. The topological polar surface area (TPSA) is 62.2 Å². The number of aromatic nitrogens is 3. The van der Waals surface area contributed by atoms with Gasteiger partial charge in [-0.3, -0.25) is 9.78 Å². The van der Waals surface area contributed by atoms with Crippen LogP contribution >= 0.6 is 0 Å². The first-order valence-electron chi connectivity index (χ1n) is 10.7. The summed E-state index contributed by atoms with van der Waals surface area (Å²) in [7, 11) is 3.87. The largest absolute Gasteiger partial charge is 0.347 e. The normalized spacial score (nSPS) is 15.9. The fraction of sp³-hybridized carbons (Fsp3) is 0.360. The molecule has 0 unspecified atom stereocenters. The van der Waals surface area contributed by atoms with Crippen molar-refractivity contribution >= 4 is 11.9 Å². The molecular formula is C25H29N5O. The van der Waals surface area contributed by atoms with E-state index in [-0.39, 0.29) is 11.9 Å². The van der Waals surface area contributed by atoms with Gasteiger partial charge < -0.3 is 9.80 Å². The van der Waals surface area contributed by atoms with E-state index in [0.29, 0.717) is 12.4 Å². The molecule has 0 aliphatic carbocycles. The Hall–Kier alpha value is -3.28. The van der Waals surface area contributed by atoms with Gasteiger partial charge in [0.2, 0.25) is 11.9 Å². The molecule has 4 rings (SSSR count). The van der Waals surface area contributed by atoms with Gasteiger partial charge in [0.05, 0.1) is 18.2 Å². The highest BCUT2D eigenvalue weighted by Gasteiger charge is 2.33. The summed E-state index contributed by atoms with van der Waals surface area (Å²) < 4.78 is 0. The van der Waals surface area contributed by atoms with Crippen molar-refractivity contribution in [1.29, 1.82) is 0 Å². The molecule has 1 atom stereocenters. The summed E-state index contributed by atoms with van der Waals surface area (Å²) in [6.07, 6.45) is 7.82. The van der Waals surface area contributed by atoms with Gasteiger partial charge in [0, 0.05) is 44.8 Å². The number of nitrogens with zero attached hydrogens (tertiary/aromatic N) is 5. The van der Waals surface area contributed by atoms with Crippen LogP contribution in [0, 0.1) is 13.8 Å². The number of amides is 1. The van der Waals surface area contributed by atoms with E-state index in [1.165, 1.54) is 5.56 Å². The smallest absolute Gasteiger partial charge is 0.227 e. The number of hydrogen-bond donors (Lipinski definition) is 0. The van der Waals surface area contributed by atoms with Crippen molar-refractivity contribution in [2.24, 2.45) is 0 Å². The second kappa shape index (κ2) is 8.84. The molecule has 0 saturated carbocycles. The Kier molecular flexibility index (Phi) is 5.98. The molecule has 0 radical (unpaired) electrons. The lowest BCUT2D eigenvalue weighted by Crippen LogP contribution is -2.33. The maximum absolute atomic E-state index is 13.3. The molecule has 0 bridgehead atoms. The predicted molar refractivity (Wildman–Crippen MR) is 123 cm³/mol. The van der Waals surface area contributed by atoms with Gasteiger partial charge in [-0.25, -0.2) is 9.97 Å². The van der Waals surface area contributed by atoms with Crippen molar-refractivity contribution in [1.82, 2.24) is 19.9 Å². The molecule has 3 heterocycles. The number of pyridine rings is 1. The molecule has 0 N–H and O–H groups in total. The Balaban J connectivity index is 1.71. The van der Waals surface area contributed by atoms with E-state index in [4.69, 9.17) is 4.98 Å². The molecule has 6 heteroatoms. The molecule has 31 heavy (non-hydrogen) atoms. The highest BCUT2D eigenvalue weighted by molar-refractivity contribution is 5.80. The van der Waals surface area contributed by atoms with Gasteiger partial charge in [-0.05, 0) is 49.4 Å². The SMILES string of the molecule is Cc1ccc(CC(=O)N2CCC[C@@H]2c2nc(N(C)C)ncc2-c2ccncc2C)cc1. The molecule has 0 spiro atoms. The molecular weight excluding hydrogens is 386 g/mol. The molecule has 1 aliphatic heterocycles. The van der Waals surface area contributed by atoms with E-state index in [0.717, 1.165) is 47.3 Å². The Morgan fingerprint density at radius 1 is 1.10 bits per heavy atom. The average Bonchev–Trinajstić information content (AvgIpc) is 3.25. The van der Waals surface area contributed by atoms with E-state index < -0.39 is 0 Å². The zero-order chi connectivity index (χ0) is 22.0. The van der Waals surface area contributed by atoms with Crippen LogP contribution in [0.15, 0.2) is 48.9 Å². The van der Waals surface area contributed by atoms with Gasteiger partial charge in [-0.15, -0.1) is 0 Å². The van der Waals surface area contributed by atoms with E-state index in [1.807, 2.05) is 61.4 Å². The molecule has 1 amide bonds. The highest BCUT2D eigenvalue weighted by atomic mass is 16.2. The summed E-state index contributed by atoms with van der Waals surface area (Å²) in [5.74, 6) is 0.803. The summed E-state index contributed by atoms with van der Waals surface area (Å²) in [5, 5.41) is 0. The van der Waals surface area contributed by atoms with Crippen LogP contribution in [-0.4, -0.2) is 46.4 Å². The second-order valence-corrected chi connectivity index (χ2v) is 8.46. The van der Waals surface area contributed by atoms with E-state index in [1.54, 1.807) is 6.20 Å². The maximum atomic E-state index is 13.3. The summed E-state index contributed by atoms with van der Waals surface area (Å²) in [6, 6.07) is 10.1. The third-order valence-electron chi connectivity index (χ3n) is 5.88. The van der Waals surface area contributed by atoms with Crippen molar-refractivity contribution in [2.75, 3.05) is 25.5 Å². The van der Waals surface area contributed by atoms with Gasteiger partial charge in [0.25, 0.3) is 0 Å². The average molecular weight is 416 g/mol. The lowest BCUT2D eigenvalue weighted by Gasteiger charge is -2.27. The van der Waals surface area contributed by atoms with Crippen LogP contribution in [0.1, 0.15) is 41.3 Å². The summed E-state index contributed by atoms with van der Waals surface area (Å²) in [6.45, 7) is 4.86. The molecule has 2 aromatic heterocycles. The molecule has 6 nitrogen and oxygen atoms in total. The summed E-state index contributed by atoms with van der Waals surface area (Å²) >= 11 is 0. The zero-order valence-electron chi connectivity index (χ0n) is 18.7. The lowest BCUT2D eigenvalue weighted by molar-refractivity contribution is -0.131. The second-order valence-electron chi connectivity index (χ2n) is 8.46. The Labute approximate surface area is 184 Å². The van der Waals surface area contributed by atoms with E-state index >= 15 is 0 Å². The molecule has 1 fully saturated rings. The lowest BCUT2D eigenvalue weighted by atomic mass is 9.97. The van der Waals surface area contributed by atoms with Crippen LogP contribution in [0.3, 0.4) is 0 Å². The number of rotatable bonds is 5. The van der Waals surface area contributed by atoms with E-state index in [9.17, 15) is 4.79 Å². The third kappa shape index (κ3) is 4.43. The first kappa shape index (κ1) is 21.0. The molecule has 1 aliphatic rings. The van der Waals surface area contributed by atoms with E-state index in [2.05, 4.69) is 29.0 Å². The van der Waals surface area contributed by atoms with Crippen LogP contribution in [0.4, 0.5) is 5.95 Å². The number of hydrogen-bond acceptors (Lipinski definition) is 5. The summed E-state index contributed by atoms with van der Waals surface area (Å²) in [5.41, 5.74) is 6.27. The number of aryl methyl sites for hydroxylation is 2. The van der Waals surface area contributed by atoms with Gasteiger partial charge in [-0.2, -0.15) is 0 Å². The van der Waals surface area contributed by atoms with Crippen molar-refractivity contribution < 1.29 is 4.79 Å². The zero-order valence-corrected chi connectivity index (χ0v) is 18.7. The van der Waals surface area contributed by atoms with Crippen LogP contribution in [0.5, 0.6) is 0 Å². The third-order valence-corrected chi connectivity index (χ3v) is 5.88. The number of carbonyl (C=O) groups is 1. The number of benzene rings is 1. The van der Waals surface area contributed by atoms with Crippen molar-refractivity contribution in [3.8, 4) is 11.1 Å². The molecule has 160 valence electrons. The van der Waals surface area contributed by atoms with Crippen molar-refractivity contribution in [3.63, 3.8) is 0 Å². The fourth-order valence-corrected chi connectivity index (χ4v) is 4.17. The minimum absolute atomic E-state index is 0.0535. The Morgan fingerprint density at radius 2 is 1.87 bits per heavy atom. The number of carbonyl (C=O) groups excluding carboxylic acids is 1.